The van der Waals surface area contributed by atoms with Crippen molar-refractivity contribution in [2.24, 2.45) is 0 Å². The quantitative estimate of drug-likeness (QED) is 0.114. The Labute approximate surface area is 376 Å². The maximum atomic E-state index is 2.96. The fraction of sp³-hybridized carbons (Fsp3) is 0.0526. The van der Waals surface area contributed by atoms with Crippen molar-refractivity contribution in [1.29, 1.82) is 0 Å². The Morgan fingerprint density at radius 1 is 0.175 bits per heavy atom. The van der Waals surface area contributed by atoms with Gasteiger partial charge in [0, 0.05) is 20.0 Å². The minimum Gasteiger partial charge on any atom is -0.289 e. The molecule has 9 aromatic rings. The lowest BCUT2D eigenvalue weighted by Crippen LogP contribution is -2.89. The molecule has 0 atom stereocenters. The maximum absolute atomic E-state index is 3.08. The van der Waals surface area contributed by atoms with Gasteiger partial charge in [-0.3, -0.25) is 13.7 Å². The third kappa shape index (κ3) is 7.11. The molecular formula is C57H51N3Si3. The second kappa shape index (κ2) is 18.1. The number of rotatable bonds is 12. The van der Waals surface area contributed by atoms with Crippen LogP contribution in [0.1, 0.15) is 0 Å². The molecule has 10 rings (SSSR count). The summed E-state index contributed by atoms with van der Waals surface area (Å²) in [4.78, 5) is 0. The predicted octanol–water partition coefficient (Wildman–Crippen LogP) is 5.78. The highest BCUT2D eigenvalue weighted by atomic mass is 28.3. The fourth-order valence-corrected chi connectivity index (χ4v) is 25.7. The SMILES string of the molecule is c1ccc([Si](c2ccccc2)(c2ccccc2)N2CN([Si](c3ccccc3)(c3ccccc3)c3ccccc3)CN([Si](c3ccccc3)(c3ccccc3)c3ccccc3)C2)cc1. The lowest BCUT2D eigenvalue weighted by atomic mass is 10.3. The summed E-state index contributed by atoms with van der Waals surface area (Å²) in [5.74, 6) is 0. The lowest BCUT2D eigenvalue weighted by Gasteiger charge is -2.59. The molecule has 9 aromatic carbocycles. The molecule has 6 heteroatoms. The van der Waals surface area contributed by atoms with Gasteiger partial charge in [0.2, 0.25) is 24.7 Å². The molecule has 0 N–H and O–H groups in total. The minimum atomic E-state index is -3.08. The Morgan fingerprint density at radius 2 is 0.286 bits per heavy atom. The van der Waals surface area contributed by atoms with E-state index in [-0.39, 0.29) is 0 Å². The second-order valence-electron chi connectivity index (χ2n) is 16.5. The van der Waals surface area contributed by atoms with Gasteiger partial charge in [-0.05, 0) is 46.7 Å². The predicted molar refractivity (Wildman–Crippen MR) is 272 cm³/mol. The van der Waals surface area contributed by atoms with Crippen LogP contribution in [0.2, 0.25) is 0 Å². The number of hydrogen-bond donors (Lipinski definition) is 0. The van der Waals surface area contributed by atoms with Gasteiger partial charge in [0.05, 0.1) is 0 Å². The third-order valence-corrected chi connectivity index (χ3v) is 27.4. The monoisotopic (exact) mass is 861 g/mol. The molecule has 1 heterocycles. The molecule has 0 bridgehead atoms. The molecule has 306 valence electrons. The topological polar surface area (TPSA) is 9.72 Å². The Balaban J connectivity index is 1.35. The molecule has 0 unspecified atom stereocenters. The molecule has 0 saturated carbocycles. The molecule has 0 radical (unpaired) electrons. The van der Waals surface area contributed by atoms with Gasteiger partial charge in [0.1, 0.15) is 0 Å². The van der Waals surface area contributed by atoms with Crippen LogP contribution in [0.4, 0.5) is 0 Å². The molecule has 0 aromatic heterocycles. The first-order chi connectivity index (χ1) is 31.3. The largest absolute Gasteiger partial charge is 0.289 e. The van der Waals surface area contributed by atoms with Crippen LogP contribution in [0.15, 0.2) is 273 Å². The highest BCUT2D eigenvalue weighted by Gasteiger charge is 2.57. The summed E-state index contributed by atoms with van der Waals surface area (Å²) in [6.45, 7) is 2.28. The van der Waals surface area contributed by atoms with E-state index in [2.05, 4.69) is 287 Å². The van der Waals surface area contributed by atoms with Crippen LogP contribution in [0.25, 0.3) is 0 Å². The average Bonchev–Trinajstić information content (AvgIpc) is 3.38. The highest BCUT2D eigenvalue weighted by Crippen LogP contribution is 2.27. The van der Waals surface area contributed by atoms with Crippen LogP contribution >= 0.6 is 0 Å². The van der Waals surface area contributed by atoms with E-state index in [1.165, 1.54) is 46.7 Å². The van der Waals surface area contributed by atoms with Gasteiger partial charge >= 0.3 is 0 Å². The number of hydrogen-bond acceptors (Lipinski definition) is 3. The van der Waals surface area contributed by atoms with Crippen molar-refractivity contribution >= 4 is 71.4 Å². The van der Waals surface area contributed by atoms with Gasteiger partial charge in [-0.25, -0.2) is 0 Å². The highest BCUT2D eigenvalue weighted by molar-refractivity contribution is 7.12. The van der Waals surface area contributed by atoms with E-state index in [1.54, 1.807) is 0 Å². The Kier molecular flexibility index (Phi) is 11.6. The Morgan fingerprint density at radius 3 is 0.397 bits per heavy atom. The van der Waals surface area contributed by atoms with Crippen molar-refractivity contribution in [2.75, 3.05) is 20.0 Å². The van der Waals surface area contributed by atoms with Gasteiger partial charge in [-0.1, -0.05) is 273 Å². The van der Waals surface area contributed by atoms with E-state index in [4.69, 9.17) is 0 Å². The van der Waals surface area contributed by atoms with Crippen molar-refractivity contribution in [3.8, 4) is 0 Å². The summed E-state index contributed by atoms with van der Waals surface area (Å²) in [7, 11) is -9.23. The van der Waals surface area contributed by atoms with E-state index < -0.39 is 24.7 Å². The van der Waals surface area contributed by atoms with E-state index in [0.717, 1.165) is 20.0 Å². The third-order valence-electron chi connectivity index (χ3n) is 13.2. The number of nitrogens with zero attached hydrogens (tertiary/aromatic N) is 3. The van der Waals surface area contributed by atoms with Gasteiger partial charge < -0.3 is 0 Å². The molecule has 1 saturated heterocycles. The van der Waals surface area contributed by atoms with Crippen LogP contribution in [0.3, 0.4) is 0 Å². The molecule has 1 aliphatic heterocycles. The zero-order valence-electron chi connectivity index (χ0n) is 35.4. The van der Waals surface area contributed by atoms with Gasteiger partial charge in [-0.15, -0.1) is 0 Å². The van der Waals surface area contributed by atoms with E-state index in [1.807, 2.05) is 0 Å². The zero-order chi connectivity index (χ0) is 42.4. The number of benzene rings is 9. The van der Waals surface area contributed by atoms with Gasteiger partial charge in [0.15, 0.2) is 0 Å². The van der Waals surface area contributed by atoms with Crippen molar-refractivity contribution in [3.05, 3.63) is 273 Å². The summed E-state index contributed by atoms with van der Waals surface area (Å²) in [6, 6.07) is 103. The first-order valence-corrected chi connectivity index (χ1v) is 27.9. The van der Waals surface area contributed by atoms with Crippen molar-refractivity contribution < 1.29 is 0 Å². The zero-order valence-corrected chi connectivity index (χ0v) is 38.4. The van der Waals surface area contributed by atoms with Crippen molar-refractivity contribution in [3.63, 3.8) is 0 Å². The first kappa shape index (κ1) is 40.6. The van der Waals surface area contributed by atoms with Crippen molar-refractivity contribution in [1.82, 2.24) is 13.7 Å². The van der Waals surface area contributed by atoms with Gasteiger partial charge in [0.25, 0.3) is 0 Å². The van der Waals surface area contributed by atoms with Crippen LogP contribution in [0, 0.1) is 0 Å². The fourth-order valence-electron chi connectivity index (χ4n) is 10.6. The van der Waals surface area contributed by atoms with E-state index in [0.29, 0.717) is 0 Å². The minimum absolute atomic E-state index is 0.759. The Bertz CT molecular complexity index is 2190. The summed E-state index contributed by atoms with van der Waals surface area (Å²) < 4.78 is 8.89. The summed E-state index contributed by atoms with van der Waals surface area (Å²) in [6.07, 6.45) is 0. The molecular weight excluding hydrogens is 811 g/mol. The van der Waals surface area contributed by atoms with E-state index >= 15 is 0 Å². The molecule has 3 nitrogen and oxygen atoms in total. The first-order valence-electron chi connectivity index (χ1n) is 22.0. The van der Waals surface area contributed by atoms with Crippen LogP contribution in [0.5, 0.6) is 0 Å². The summed E-state index contributed by atoms with van der Waals surface area (Å²) in [5.41, 5.74) is 0. The molecule has 0 aliphatic carbocycles. The lowest BCUT2D eigenvalue weighted by molar-refractivity contribution is 0.115. The molecule has 63 heavy (non-hydrogen) atoms. The molecule has 0 amide bonds. The molecule has 1 fully saturated rings. The smallest absolute Gasteiger partial charge is 0.226 e. The van der Waals surface area contributed by atoms with E-state index in [9.17, 15) is 0 Å². The van der Waals surface area contributed by atoms with Gasteiger partial charge in [-0.2, -0.15) is 0 Å². The molecule has 1 aliphatic rings. The summed E-state index contributed by atoms with van der Waals surface area (Å²) >= 11 is 0. The van der Waals surface area contributed by atoms with Crippen LogP contribution in [-0.2, 0) is 0 Å². The Hall–Kier alpha value is -6.49. The normalized spacial score (nSPS) is 14.3. The van der Waals surface area contributed by atoms with Crippen molar-refractivity contribution in [2.45, 2.75) is 0 Å². The standard InChI is InChI=1S/C57H51N3Si3/c1-10-28-49(29-11-1)61(50-30-12-2-13-31-50,51-32-14-3-15-33-51)58-46-59(62(52-34-16-4-17-35-52,53-36-18-5-19-37-53)54-38-20-6-21-39-54)48-60(47-58)63(55-40-22-7-23-41-55,56-42-24-8-25-43-56)57-44-26-9-27-45-57/h1-45H,46-48H2. The van der Waals surface area contributed by atoms with Crippen LogP contribution in [-0.4, -0.2) is 58.4 Å². The maximum Gasteiger partial charge on any atom is 0.226 e. The van der Waals surface area contributed by atoms with Crippen LogP contribution < -0.4 is 46.7 Å². The molecule has 0 spiro atoms. The second-order valence-corrected chi connectivity index (χ2v) is 27.8. The average molecular weight is 862 g/mol. The summed E-state index contributed by atoms with van der Waals surface area (Å²) in [5, 5.41) is 12.4.